The summed E-state index contributed by atoms with van der Waals surface area (Å²) >= 11 is 1.53. The summed E-state index contributed by atoms with van der Waals surface area (Å²) in [4.78, 5) is 0. The monoisotopic (exact) mass is 234 g/mol. The molecule has 16 heavy (non-hydrogen) atoms. The highest BCUT2D eigenvalue weighted by Crippen LogP contribution is 2.31. The predicted octanol–water partition coefficient (Wildman–Crippen LogP) is 2.20. The molecule has 0 saturated carbocycles. The van der Waals surface area contributed by atoms with Gasteiger partial charge in [0.05, 0.1) is 17.0 Å². The van der Waals surface area contributed by atoms with Gasteiger partial charge in [0, 0.05) is 24.4 Å². The van der Waals surface area contributed by atoms with Crippen LogP contribution >= 0.6 is 11.5 Å². The van der Waals surface area contributed by atoms with E-state index in [0.717, 1.165) is 31.1 Å². The Balaban J connectivity index is 1.84. The number of fused-ring (bicyclic) bond motifs is 1. The van der Waals surface area contributed by atoms with E-state index in [1.807, 2.05) is 19.1 Å². The van der Waals surface area contributed by atoms with Crippen molar-refractivity contribution in [2.45, 2.75) is 6.92 Å². The van der Waals surface area contributed by atoms with Crippen LogP contribution in [0.15, 0.2) is 18.2 Å². The molecule has 0 amide bonds. The number of ether oxygens (including phenoxy) is 1. The first kappa shape index (κ1) is 10.1. The molecule has 1 aromatic carbocycles. The van der Waals surface area contributed by atoms with Crippen LogP contribution in [0.5, 0.6) is 5.75 Å². The third kappa shape index (κ3) is 1.68. The zero-order valence-corrected chi connectivity index (χ0v) is 10.0. The van der Waals surface area contributed by atoms with Gasteiger partial charge in [-0.1, -0.05) is 12.1 Å². The van der Waals surface area contributed by atoms with Crippen molar-refractivity contribution in [2.24, 2.45) is 5.92 Å². The summed E-state index contributed by atoms with van der Waals surface area (Å²) in [6, 6.07) is 6.18. The third-order valence-electron chi connectivity index (χ3n) is 2.98. The smallest absolute Gasteiger partial charge is 0.138 e. The lowest BCUT2D eigenvalue weighted by Crippen LogP contribution is -2.45. The molecule has 1 aliphatic heterocycles. The molecule has 84 valence electrons. The lowest BCUT2D eigenvalue weighted by molar-refractivity contribution is 0.201. The van der Waals surface area contributed by atoms with Crippen LogP contribution in [0, 0.1) is 12.8 Å². The van der Waals surface area contributed by atoms with Crippen LogP contribution < -0.4 is 10.1 Å². The van der Waals surface area contributed by atoms with E-state index in [0.29, 0.717) is 5.92 Å². The molecule has 0 spiro atoms. The number of nitrogens with one attached hydrogen (secondary N) is 1. The van der Waals surface area contributed by atoms with Crippen LogP contribution in [0.4, 0.5) is 0 Å². The number of rotatable bonds is 3. The average Bonchev–Trinajstić information content (AvgIpc) is 2.60. The second-order valence-corrected chi connectivity index (χ2v) is 5.01. The summed E-state index contributed by atoms with van der Waals surface area (Å²) in [6.45, 7) is 5.01. The first-order chi connectivity index (χ1) is 7.84. The van der Waals surface area contributed by atoms with Gasteiger partial charge in [0.25, 0.3) is 0 Å². The van der Waals surface area contributed by atoms with E-state index in [1.54, 1.807) is 0 Å². The van der Waals surface area contributed by atoms with Crippen molar-refractivity contribution >= 4 is 21.6 Å². The van der Waals surface area contributed by atoms with Gasteiger partial charge in [0.15, 0.2) is 0 Å². The predicted molar refractivity (Wildman–Crippen MR) is 66.2 cm³/mol. The summed E-state index contributed by atoms with van der Waals surface area (Å²) in [7, 11) is 0. The van der Waals surface area contributed by atoms with Crippen molar-refractivity contribution in [2.75, 3.05) is 19.7 Å². The van der Waals surface area contributed by atoms with Gasteiger partial charge in [-0.15, -0.1) is 0 Å². The van der Waals surface area contributed by atoms with E-state index in [2.05, 4.69) is 15.8 Å². The molecule has 0 atom stereocenters. The largest absolute Gasteiger partial charge is 0.492 e. The molecule has 1 saturated heterocycles. The second kappa shape index (κ2) is 4.03. The van der Waals surface area contributed by atoms with Crippen LogP contribution in [-0.4, -0.2) is 24.1 Å². The van der Waals surface area contributed by atoms with Crippen LogP contribution in [0.1, 0.15) is 5.69 Å². The maximum Gasteiger partial charge on any atom is 0.138 e. The Morgan fingerprint density at radius 2 is 2.38 bits per heavy atom. The van der Waals surface area contributed by atoms with Crippen LogP contribution in [0.3, 0.4) is 0 Å². The van der Waals surface area contributed by atoms with Crippen molar-refractivity contribution in [3.8, 4) is 5.75 Å². The SMILES string of the molecule is Cc1nsc2c(OCC3CNC3)cccc12. The average molecular weight is 234 g/mol. The maximum absolute atomic E-state index is 5.87. The molecule has 0 bridgehead atoms. The van der Waals surface area contributed by atoms with Crippen LogP contribution in [0.25, 0.3) is 10.1 Å². The fraction of sp³-hybridized carbons (Fsp3) is 0.417. The molecule has 1 fully saturated rings. The van der Waals surface area contributed by atoms with E-state index in [1.165, 1.54) is 21.6 Å². The van der Waals surface area contributed by atoms with Gasteiger partial charge < -0.3 is 10.1 Å². The number of hydrogen-bond donors (Lipinski definition) is 1. The molecular weight excluding hydrogens is 220 g/mol. The molecule has 1 aliphatic rings. The molecule has 2 heterocycles. The molecule has 3 rings (SSSR count). The minimum atomic E-state index is 0.671. The molecule has 0 radical (unpaired) electrons. The molecular formula is C12H14N2OS. The van der Waals surface area contributed by atoms with E-state index < -0.39 is 0 Å². The van der Waals surface area contributed by atoms with Crippen molar-refractivity contribution in [1.29, 1.82) is 0 Å². The molecule has 1 aromatic heterocycles. The highest BCUT2D eigenvalue weighted by molar-refractivity contribution is 7.13. The van der Waals surface area contributed by atoms with E-state index >= 15 is 0 Å². The third-order valence-corrected chi connectivity index (χ3v) is 3.95. The molecule has 0 aliphatic carbocycles. The van der Waals surface area contributed by atoms with Crippen molar-refractivity contribution in [1.82, 2.24) is 9.69 Å². The topological polar surface area (TPSA) is 34.1 Å². The number of aryl methyl sites for hydroxylation is 1. The fourth-order valence-corrected chi connectivity index (χ4v) is 2.70. The minimum absolute atomic E-state index is 0.671. The molecule has 4 heteroatoms. The van der Waals surface area contributed by atoms with E-state index in [-0.39, 0.29) is 0 Å². The fourth-order valence-electron chi connectivity index (χ4n) is 1.85. The molecule has 1 N–H and O–H groups in total. The van der Waals surface area contributed by atoms with Crippen LogP contribution in [0.2, 0.25) is 0 Å². The van der Waals surface area contributed by atoms with Crippen molar-refractivity contribution < 1.29 is 4.74 Å². The molecule has 3 nitrogen and oxygen atoms in total. The summed E-state index contributed by atoms with van der Waals surface area (Å²) in [6.07, 6.45) is 0. The van der Waals surface area contributed by atoms with Gasteiger partial charge >= 0.3 is 0 Å². The van der Waals surface area contributed by atoms with Gasteiger partial charge in [-0.25, -0.2) is 0 Å². The number of nitrogens with zero attached hydrogens (tertiary/aromatic N) is 1. The first-order valence-electron chi connectivity index (χ1n) is 5.53. The van der Waals surface area contributed by atoms with E-state index in [4.69, 9.17) is 4.74 Å². The molecule has 0 unspecified atom stereocenters. The first-order valence-corrected chi connectivity index (χ1v) is 6.30. The Kier molecular flexibility index (Phi) is 2.53. The lowest BCUT2D eigenvalue weighted by atomic mass is 10.1. The number of aromatic nitrogens is 1. The Morgan fingerprint density at radius 3 is 3.12 bits per heavy atom. The number of benzene rings is 1. The summed E-state index contributed by atoms with van der Waals surface area (Å²) in [5.41, 5.74) is 1.09. The summed E-state index contributed by atoms with van der Waals surface area (Å²) in [5, 5.41) is 4.47. The molecule has 2 aromatic rings. The van der Waals surface area contributed by atoms with Crippen molar-refractivity contribution in [3.05, 3.63) is 23.9 Å². The van der Waals surface area contributed by atoms with E-state index in [9.17, 15) is 0 Å². The maximum atomic E-state index is 5.87. The Bertz CT molecular complexity index is 505. The number of hydrogen-bond acceptors (Lipinski definition) is 4. The quantitative estimate of drug-likeness (QED) is 0.884. The van der Waals surface area contributed by atoms with Gasteiger partial charge in [-0.05, 0) is 24.5 Å². The highest BCUT2D eigenvalue weighted by atomic mass is 32.1. The highest BCUT2D eigenvalue weighted by Gasteiger charge is 2.18. The van der Waals surface area contributed by atoms with Crippen LogP contribution in [-0.2, 0) is 0 Å². The van der Waals surface area contributed by atoms with Crippen molar-refractivity contribution in [3.63, 3.8) is 0 Å². The van der Waals surface area contributed by atoms with Gasteiger partial charge in [0.2, 0.25) is 0 Å². The summed E-state index contributed by atoms with van der Waals surface area (Å²) in [5.74, 6) is 1.65. The Morgan fingerprint density at radius 1 is 1.50 bits per heavy atom. The Hall–Kier alpha value is -1.13. The lowest BCUT2D eigenvalue weighted by Gasteiger charge is -2.26. The minimum Gasteiger partial charge on any atom is -0.492 e. The van der Waals surface area contributed by atoms with Gasteiger partial charge in [0.1, 0.15) is 5.75 Å². The normalized spacial score (nSPS) is 16.3. The zero-order valence-electron chi connectivity index (χ0n) is 9.19. The summed E-state index contributed by atoms with van der Waals surface area (Å²) < 4.78 is 11.4. The van der Waals surface area contributed by atoms with Gasteiger partial charge in [-0.3, -0.25) is 0 Å². The Labute approximate surface area is 98.6 Å². The van der Waals surface area contributed by atoms with Gasteiger partial charge in [-0.2, -0.15) is 4.37 Å². The zero-order chi connectivity index (χ0) is 11.0. The second-order valence-electron chi connectivity index (χ2n) is 4.24. The standard InChI is InChI=1S/C12H14N2OS/c1-8-10-3-2-4-11(12(10)16-14-8)15-7-9-5-13-6-9/h2-4,9,13H,5-7H2,1H3.